The summed E-state index contributed by atoms with van der Waals surface area (Å²) in [6.07, 6.45) is 0. The van der Waals surface area contributed by atoms with Crippen molar-refractivity contribution >= 4 is 35.0 Å². The summed E-state index contributed by atoms with van der Waals surface area (Å²) < 4.78 is 0. The van der Waals surface area contributed by atoms with Gasteiger partial charge in [-0.2, -0.15) is 0 Å². The van der Waals surface area contributed by atoms with Crippen LogP contribution in [-0.4, -0.2) is 7.05 Å². The first kappa shape index (κ1) is 14.7. The highest BCUT2D eigenvalue weighted by molar-refractivity contribution is 7.99. The van der Waals surface area contributed by atoms with E-state index in [9.17, 15) is 0 Å². The first-order valence-corrected chi connectivity index (χ1v) is 7.58. The van der Waals surface area contributed by atoms with Crippen LogP contribution < -0.4 is 5.32 Å². The van der Waals surface area contributed by atoms with Crippen molar-refractivity contribution in [1.29, 1.82) is 0 Å². The number of hydrogen-bond donors (Lipinski definition) is 1. The molecule has 100 valence electrons. The molecule has 0 radical (unpaired) electrons. The fraction of sp³-hybridized carbons (Fsp3) is 0.200. The molecule has 0 saturated carbocycles. The maximum absolute atomic E-state index is 6.05. The van der Waals surface area contributed by atoms with Crippen molar-refractivity contribution in [2.24, 2.45) is 0 Å². The van der Waals surface area contributed by atoms with E-state index >= 15 is 0 Å². The molecular formula is C15H15Cl2NS. The summed E-state index contributed by atoms with van der Waals surface area (Å²) >= 11 is 13.7. The van der Waals surface area contributed by atoms with E-state index < -0.39 is 0 Å². The Kier molecular flexibility index (Phi) is 5.17. The molecule has 4 heteroatoms. The Morgan fingerprint density at radius 3 is 2.47 bits per heavy atom. The molecule has 1 nitrogen and oxygen atoms in total. The molecule has 19 heavy (non-hydrogen) atoms. The third kappa shape index (κ3) is 3.67. The predicted octanol–water partition coefficient (Wildman–Crippen LogP) is 5.43. The second-order valence-electron chi connectivity index (χ2n) is 4.23. The van der Waals surface area contributed by atoms with Gasteiger partial charge in [0.2, 0.25) is 0 Å². The Bertz CT molecular complexity index is 572. The summed E-state index contributed by atoms with van der Waals surface area (Å²) in [7, 11) is 1.96. The number of hydrogen-bond acceptors (Lipinski definition) is 2. The smallest absolute Gasteiger partial charge is 0.0603 e. The molecule has 0 saturated heterocycles. The third-order valence-electron chi connectivity index (χ3n) is 2.94. The van der Waals surface area contributed by atoms with Gasteiger partial charge >= 0.3 is 0 Å². The SMILES string of the molecule is CNC(C)c1ccccc1Sc1ccc(Cl)c(Cl)c1. The second-order valence-corrected chi connectivity index (χ2v) is 6.16. The van der Waals surface area contributed by atoms with Crippen molar-refractivity contribution in [2.45, 2.75) is 22.8 Å². The second kappa shape index (κ2) is 6.67. The first-order chi connectivity index (χ1) is 9.11. The number of nitrogens with one attached hydrogen (secondary N) is 1. The van der Waals surface area contributed by atoms with Crippen molar-refractivity contribution < 1.29 is 0 Å². The fourth-order valence-corrected chi connectivity index (χ4v) is 3.19. The highest BCUT2D eigenvalue weighted by Gasteiger charge is 2.10. The van der Waals surface area contributed by atoms with E-state index in [4.69, 9.17) is 23.2 Å². The van der Waals surface area contributed by atoms with Gasteiger partial charge in [0, 0.05) is 15.8 Å². The van der Waals surface area contributed by atoms with Crippen LogP contribution >= 0.6 is 35.0 Å². The molecule has 0 aliphatic carbocycles. The lowest BCUT2D eigenvalue weighted by Crippen LogP contribution is -2.12. The largest absolute Gasteiger partial charge is 0.313 e. The van der Waals surface area contributed by atoms with E-state index in [-0.39, 0.29) is 0 Å². The average molecular weight is 312 g/mol. The van der Waals surface area contributed by atoms with Crippen LogP contribution in [0.1, 0.15) is 18.5 Å². The zero-order chi connectivity index (χ0) is 13.8. The van der Waals surface area contributed by atoms with E-state index in [2.05, 4.69) is 30.4 Å². The zero-order valence-corrected chi connectivity index (χ0v) is 13.1. The van der Waals surface area contributed by atoms with E-state index in [0.29, 0.717) is 16.1 Å². The first-order valence-electron chi connectivity index (χ1n) is 6.01. The maximum atomic E-state index is 6.05. The average Bonchev–Trinajstić information content (AvgIpc) is 2.43. The number of benzene rings is 2. The van der Waals surface area contributed by atoms with Crippen molar-refractivity contribution in [3.63, 3.8) is 0 Å². The summed E-state index contributed by atoms with van der Waals surface area (Å²) in [4.78, 5) is 2.31. The lowest BCUT2D eigenvalue weighted by atomic mass is 10.1. The van der Waals surface area contributed by atoms with Crippen LogP contribution in [0.15, 0.2) is 52.3 Å². The third-order valence-corrected chi connectivity index (χ3v) is 4.76. The van der Waals surface area contributed by atoms with Crippen molar-refractivity contribution in [3.05, 3.63) is 58.1 Å². The normalized spacial score (nSPS) is 12.4. The zero-order valence-electron chi connectivity index (χ0n) is 10.8. The van der Waals surface area contributed by atoms with Crippen molar-refractivity contribution in [2.75, 3.05) is 7.05 Å². The van der Waals surface area contributed by atoms with Gasteiger partial charge in [-0.25, -0.2) is 0 Å². The summed E-state index contributed by atoms with van der Waals surface area (Å²) in [5, 5.41) is 4.44. The van der Waals surface area contributed by atoms with Crippen molar-refractivity contribution in [3.8, 4) is 0 Å². The Balaban J connectivity index is 2.30. The standard InChI is InChI=1S/C15H15Cl2NS/c1-10(18-2)12-5-3-4-6-15(12)19-11-7-8-13(16)14(17)9-11/h3-10,18H,1-2H3. The maximum Gasteiger partial charge on any atom is 0.0603 e. The quantitative estimate of drug-likeness (QED) is 0.808. The van der Waals surface area contributed by atoms with Gasteiger partial charge in [0.1, 0.15) is 0 Å². The molecule has 1 unspecified atom stereocenters. The van der Waals surface area contributed by atoms with Crippen LogP contribution in [0.3, 0.4) is 0 Å². The highest BCUT2D eigenvalue weighted by Crippen LogP contribution is 2.35. The molecule has 0 spiro atoms. The van der Waals surface area contributed by atoms with Gasteiger partial charge in [0.15, 0.2) is 0 Å². The molecule has 2 aromatic rings. The van der Waals surface area contributed by atoms with Gasteiger partial charge in [-0.1, -0.05) is 53.2 Å². The molecule has 1 N–H and O–H groups in total. The monoisotopic (exact) mass is 311 g/mol. The van der Waals surface area contributed by atoms with E-state index in [1.165, 1.54) is 10.5 Å². The Morgan fingerprint density at radius 2 is 1.79 bits per heavy atom. The topological polar surface area (TPSA) is 12.0 Å². The Hall–Kier alpha value is -0.670. The minimum atomic E-state index is 0.312. The fourth-order valence-electron chi connectivity index (χ4n) is 1.75. The minimum Gasteiger partial charge on any atom is -0.313 e. The van der Waals surface area contributed by atoms with Gasteiger partial charge < -0.3 is 5.32 Å². The van der Waals surface area contributed by atoms with Crippen LogP contribution in [0.5, 0.6) is 0 Å². The van der Waals surface area contributed by atoms with E-state index in [1.807, 2.05) is 31.3 Å². The number of halogens is 2. The molecule has 2 rings (SSSR count). The molecule has 2 aromatic carbocycles. The molecule has 0 aromatic heterocycles. The summed E-state index contributed by atoms with van der Waals surface area (Å²) in [6, 6.07) is 14.4. The predicted molar refractivity (Wildman–Crippen MR) is 84.5 cm³/mol. The lowest BCUT2D eigenvalue weighted by molar-refractivity contribution is 0.641. The van der Waals surface area contributed by atoms with Gasteiger partial charge in [-0.3, -0.25) is 0 Å². The van der Waals surface area contributed by atoms with Gasteiger partial charge in [0.25, 0.3) is 0 Å². The minimum absolute atomic E-state index is 0.312. The van der Waals surface area contributed by atoms with Crippen molar-refractivity contribution in [1.82, 2.24) is 5.32 Å². The molecule has 1 atom stereocenters. The highest BCUT2D eigenvalue weighted by atomic mass is 35.5. The van der Waals surface area contributed by atoms with Crippen LogP contribution in [0.4, 0.5) is 0 Å². The molecule has 0 bridgehead atoms. The lowest BCUT2D eigenvalue weighted by Gasteiger charge is -2.15. The molecule has 0 aliphatic rings. The van der Waals surface area contributed by atoms with E-state index in [1.54, 1.807) is 11.8 Å². The van der Waals surface area contributed by atoms with Crippen LogP contribution in [0.25, 0.3) is 0 Å². The summed E-state index contributed by atoms with van der Waals surface area (Å²) in [5.74, 6) is 0. The molecule has 0 heterocycles. The number of rotatable bonds is 4. The molecular weight excluding hydrogens is 297 g/mol. The Morgan fingerprint density at radius 1 is 1.05 bits per heavy atom. The summed E-state index contributed by atoms with van der Waals surface area (Å²) in [5.41, 5.74) is 1.28. The van der Waals surface area contributed by atoms with Crippen LogP contribution in [-0.2, 0) is 0 Å². The molecule has 0 fully saturated rings. The van der Waals surface area contributed by atoms with Gasteiger partial charge in [-0.15, -0.1) is 0 Å². The Labute approximate surface area is 128 Å². The van der Waals surface area contributed by atoms with Crippen LogP contribution in [0, 0.1) is 0 Å². The van der Waals surface area contributed by atoms with Gasteiger partial charge in [-0.05, 0) is 43.8 Å². The molecule has 0 amide bonds. The molecule has 0 aliphatic heterocycles. The van der Waals surface area contributed by atoms with Crippen LogP contribution in [0.2, 0.25) is 10.0 Å². The summed E-state index contributed by atoms with van der Waals surface area (Å²) in [6.45, 7) is 2.15. The van der Waals surface area contributed by atoms with E-state index in [0.717, 1.165) is 4.90 Å². The van der Waals surface area contributed by atoms with Gasteiger partial charge in [0.05, 0.1) is 10.0 Å².